The van der Waals surface area contributed by atoms with Crippen LogP contribution in [-0.4, -0.2) is 57.2 Å². The van der Waals surface area contributed by atoms with Crippen molar-refractivity contribution < 1.29 is 4.79 Å². The van der Waals surface area contributed by atoms with Gasteiger partial charge < -0.3 is 9.88 Å². The van der Waals surface area contributed by atoms with Crippen LogP contribution in [0, 0.1) is 0 Å². The second kappa shape index (κ2) is 6.48. The molecule has 1 aromatic carbocycles. The summed E-state index contributed by atoms with van der Waals surface area (Å²) in [6.45, 7) is 5.33. The molecule has 0 aliphatic carbocycles. The number of rotatable bonds is 2. The lowest BCUT2D eigenvalue weighted by atomic mass is 9.78. The van der Waals surface area contributed by atoms with E-state index in [0.717, 1.165) is 38.9 Å². The Hall–Kier alpha value is -2.60. The summed E-state index contributed by atoms with van der Waals surface area (Å²) in [5.74, 6) is 0.101. The Bertz CT molecular complexity index is 1020. The van der Waals surface area contributed by atoms with E-state index in [1.54, 1.807) is 10.9 Å². The molecule has 0 bridgehead atoms. The van der Waals surface area contributed by atoms with E-state index < -0.39 is 0 Å². The molecule has 1 amide bonds. The molecule has 4 heterocycles. The van der Waals surface area contributed by atoms with Crippen molar-refractivity contribution in [3.63, 3.8) is 0 Å². The highest BCUT2D eigenvalue weighted by atomic mass is 16.2. The van der Waals surface area contributed by atoms with Crippen molar-refractivity contribution in [2.75, 3.05) is 26.7 Å². The van der Waals surface area contributed by atoms with Gasteiger partial charge in [-0.3, -0.25) is 14.4 Å². The molecule has 1 fully saturated rings. The Kier molecular flexibility index (Phi) is 4.05. The van der Waals surface area contributed by atoms with E-state index in [9.17, 15) is 4.79 Å². The number of aromatic nitrogens is 3. The number of para-hydroxylation sites is 1. The molecule has 5 rings (SSSR count). The third-order valence-electron chi connectivity index (χ3n) is 6.82. The summed E-state index contributed by atoms with van der Waals surface area (Å²) >= 11 is 0. The maximum Gasteiger partial charge on any atom is 0.272 e. The molecule has 3 aromatic rings. The summed E-state index contributed by atoms with van der Waals surface area (Å²) in [6, 6.07) is 10.5. The Morgan fingerprint density at radius 1 is 1.18 bits per heavy atom. The van der Waals surface area contributed by atoms with Gasteiger partial charge in [0.25, 0.3) is 5.91 Å². The van der Waals surface area contributed by atoms with Crippen LogP contribution in [0.5, 0.6) is 0 Å². The summed E-state index contributed by atoms with van der Waals surface area (Å²) < 4.78 is 1.79. The van der Waals surface area contributed by atoms with Gasteiger partial charge in [0.1, 0.15) is 5.69 Å². The molecule has 1 saturated heterocycles. The fraction of sp³-hybridized carbons (Fsp3) is 0.455. The first kappa shape index (κ1) is 17.5. The van der Waals surface area contributed by atoms with Crippen LogP contribution in [-0.2, 0) is 18.5 Å². The van der Waals surface area contributed by atoms with Gasteiger partial charge in [-0.1, -0.05) is 18.2 Å². The molecule has 1 spiro atoms. The number of benzene rings is 1. The molecule has 1 N–H and O–H groups in total. The lowest BCUT2D eigenvalue weighted by Crippen LogP contribution is -2.55. The number of fused-ring (bicyclic) bond motifs is 4. The third kappa shape index (κ3) is 2.44. The van der Waals surface area contributed by atoms with Crippen molar-refractivity contribution in [2.24, 2.45) is 0 Å². The van der Waals surface area contributed by atoms with Gasteiger partial charge in [-0.05, 0) is 50.9 Å². The number of nitrogens with zero attached hydrogens (tertiary/aromatic N) is 4. The molecule has 0 unspecified atom stereocenters. The second-order valence-electron chi connectivity index (χ2n) is 8.05. The van der Waals surface area contributed by atoms with Crippen LogP contribution in [0.1, 0.15) is 41.5 Å². The van der Waals surface area contributed by atoms with E-state index in [0.29, 0.717) is 12.2 Å². The van der Waals surface area contributed by atoms with E-state index >= 15 is 0 Å². The quantitative estimate of drug-likeness (QED) is 0.747. The number of hydrogen-bond donors (Lipinski definition) is 1. The van der Waals surface area contributed by atoms with Gasteiger partial charge in [-0.2, -0.15) is 5.10 Å². The van der Waals surface area contributed by atoms with Crippen molar-refractivity contribution in [3.8, 4) is 0 Å². The second-order valence-corrected chi connectivity index (χ2v) is 8.05. The number of hydrogen-bond acceptors (Lipinski definition) is 3. The molecule has 0 saturated carbocycles. The minimum Gasteiger partial charge on any atom is -0.357 e. The van der Waals surface area contributed by atoms with E-state index in [-0.39, 0.29) is 11.4 Å². The van der Waals surface area contributed by atoms with Gasteiger partial charge in [-0.15, -0.1) is 0 Å². The molecule has 146 valence electrons. The van der Waals surface area contributed by atoms with Gasteiger partial charge in [0.05, 0.1) is 5.54 Å². The van der Waals surface area contributed by atoms with Gasteiger partial charge in [0.2, 0.25) is 0 Å². The fourth-order valence-electron chi connectivity index (χ4n) is 5.18. The summed E-state index contributed by atoms with van der Waals surface area (Å²) in [4.78, 5) is 21.3. The normalized spacial score (nSPS) is 19.3. The van der Waals surface area contributed by atoms with Crippen molar-refractivity contribution in [1.29, 1.82) is 0 Å². The number of likely N-dealkylation sites (tertiary alicyclic amines) is 1. The molecule has 0 radical (unpaired) electrons. The van der Waals surface area contributed by atoms with Gasteiger partial charge in [0, 0.05) is 49.0 Å². The largest absolute Gasteiger partial charge is 0.357 e. The topological polar surface area (TPSA) is 57.2 Å². The predicted molar refractivity (Wildman–Crippen MR) is 109 cm³/mol. The predicted octanol–water partition coefficient (Wildman–Crippen LogP) is 3.00. The Morgan fingerprint density at radius 3 is 2.75 bits per heavy atom. The molecule has 2 aliphatic heterocycles. The van der Waals surface area contributed by atoms with Crippen LogP contribution >= 0.6 is 0 Å². The first-order valence-corrected chi connectivity index (χ1v) is 10.3. The van der Waals surface area contributed by atoms with Crippen molar-refractivity contribution in [1.82, 2.24) is 24.6 Å². The standard InChI is InChI=1S/C22H27N5O/c1-3-27-19(8-12-23-27)21(28)26-14-10-22(11-15-26)20-17(9-13-25(22)2)16-6-4-5-7-18(16)24-20/h4-8,12,24H,3,9-11,13-15H2,1-2H3. The van der Waals surface area contributed by atoms with Crippen molar-refractivity contribution in [3.05, 3.63) is 53.5 Å². The number of piperidine rings is 1. The van der Waals surface area contributed by atoms with Gasteiger partial charge >= 0.3 is 0 Å². The van der Waals surface area contributed by atoms with Gasteiger partial charge in [-0.25, -0.2) is 0 Å². The average molecular weight is 377 g/mol. The summed E-state index contributed by atoms with van der Waals surface area (Å²) in [7, 11) is 2.23. The minimum atomic E-state index is -0.00557. The fourth-order valence-corrected chi connectivity index (χ4v) is 5.18. The van der Waals surface area contributed by atoms with Crippen LogP contribution in [0.3, 0.4) is 0 Å². The Labute approximate surface area is 165 Å². The molecule has 28 heavy (non-hydrogen) atoms. The molecule has 2 aliphatic rings. The van der Waals surface area contributed by atoms with Crippen LogP contribution in [0.2, 0.25) is 0 Å². The number of amides is 1. The molecule has 6 nitrogen and oxygen atoms in total. The number of H-pyrrole nitrogens is 1. The zero-order chi connectivity index (χ0) is 19.3. The maximum atomic E-state index is 13.0. The maximum absolute atomic E-state index is 13.0. The van der Waals surface area contributed by atoms with E-state index in [1.165, 1.54) is 22.2 Å². The minimum absolute atomic E-state index is 0.00557. The summed E-state index contributed by atoms with van der Waals surface area (Å²) in [5.41, 5.74) is 4.76. The van der Waals surface area contributed by atoms with Crippen LogP contribution < -0.4 is 0 Å². The van der Waals surface area contributed by atoms with Crippen LogP contribution in [0.15, 0.2) is 36.5 Å². The Morgan fingerprint density at radius 2 is 1.96 bits per heavy atom. The molecule has 2 aromatic heterocycles. The van der Waals surface area contributed by atoms with E-state index in [2.05, 4.69) is 46.3 Å². The average Bonchev–Trinajstić information content (AvgIpc) is 3.36. The number of carbonyl (C=O) groups excluding carboxylic acids is 1. The van der Waals surface area contributed by atoms with Crippen molar-refractivity contribution in [2.45, 2.75) is 38.3 Å². The number of likely N-dealkylation sites (N-methyl/N-ethyl adjacent to an activating group) is 1. The highest BCUT2D eigenvalue weighted by Crippen LogP contribution is 2.44. The number of aryl methyl sites for hydroxylation is 1. The van der Waals surface area contributed by atoms with Crippen LogP contribution in [0.4, 0.5) is 0 Å². The highest BCUT2D eigenvalue weighted by molar-refractivity contribution is 5.92. The lowest BCUT2D eigenvalue weighted by molar-refractivity contribution is 0.0226. The van der Waals surface area contributed by atoms with E-state index in [4.69, 9.17) is 0 Å². The molecular weight excluding hydrogens is 350 g/mol. The summed E-state index contributed by atoms with van der Waals surface area (Å²) in [5, 5.41) is 5.61. The number of nitrogens with one attached hydrogen (secondary N) is 1. The lowest BCUT2D eigenvalue weighted by Gasteiger charge is -2.49. The zero-order valence-electron chi connectivity index (χ0n) is 16.6. The first-order chi connectivity index (χ1) is 13.6. The first-order valence-electron chi connectivity index (χ1n) is 10.3. The smallest absolute Gasteiger partial charge is 0.272 e. The number of aromatic amines is 1. The van der Waals surface area contributed by atoms with Crippen LogP contribution in [0.25, 0.3) is 10.9 Å². The zero-order valence-corrected chi connectivity index (χ0v) is 16.6. The number of carbonyl (C=O) groups is 1. The van der Waals surface area contributed by atoms with E-state index in [1.807, 2.05) is 17.9 Å². The molecular formula is C22H27N5O. The third-order valence-corrected chi connectivity index (χ3v) is 6.82. The molecule has 0 atom stereocenters. The SMILES string of the molecule is CCn1nccc1C(=O)N1CCC2(CC1)c1[nH]c3ccccc3c1CCN2C. The summed E-state index contributed by atoms with van der Waals surface area (Å²) in [6.07, 6.45) is 4.70. The van der Waals surface area contributed by atoms with Crippen molar-refractivity contribution >= 4 is 16.8 Å². The van der Waals surface area contributed by atoms with Gasteiger partial charge in [0.15, 0.2) is 0 Å². The monoisotopic (exact) mass is 377 g/mol. The molecule has 6 heteroatoms. The highest BCUT2D eigenvalue weighted by Gasteiger charge is 2.45. The Balaban J connectivity index is 1.45.